The molecule has 1 aliphatic heterocycles. The number of nitrogens with zero attached hydrogens (tertiary/aromatic N) is 3. The van der Waals surface area contributed by atoms with E-state index >= 15 is 0 Å². The van der Waals surface area contributed by atoms with Crippen molar-refractivity contribution in [2.24, 2.45) is 0 Å². The Morgan fingerprint density at radius 3 is 2.42 bits per heavy atom. The third-order valence-corrected chi connectivity index (χ3v) is 5.33. The number of benzene rings is 2. The van der Waals surface area contributed by atoms with Crippen LogP contribution in [0.2, 0.25) is 0 Å². The van der Waals surface area contributed by atoms with E-state index in [1.165, 1.54) is 0 Å². The van der Waals surface area contributed by atoms with Gasteiger partial charge in [0.1, 0.15) is 11.6 Å². The van der Waals surface area contributed by atoms with Crippen molar-refractivity contribution < 1.29 is 9.53 Å². The molecule has 4 rings (SSSR count). The normalized spacial score (nSPS) is 13.4. The molecular weight excluding hydrogens is 386 g/mol. The minimum absolute atomic E-state index is 0.0160. The molecule has 0 aliphatic carbocycles. The van der Waals surface area contributed by atoms with Crippen LogP contribution in [-0.4, -0.2) is 49.1 Å². The van der Waals surface area contributed by atoms with Gasteiger partial charge in [-0.3, -0.25) is 4.79 Å². The van der Waals surface area contributed by atoms with E-state index in [0.29, 0.717) is 30.0 Å². The zero-order valence-electron chi connectivity index (χ0n) is 17.8. The van der Waals surface area contributed by atoms with Gasteiger partial charge < -0.3 is 14.5 Å². The molecule has 2 heterocycles. The Kier molecular flexibility index (Phi) is 6.18. The van der Waals surface area contributed by atoms with Crippen LogP contribution >= 0.6 is 0 Å². The van der Waals surface area contributed by atoms with Crippen LogP contribution in [0.1, 0.15) is 27.2 Å². The molecule has 1 amide bonds. The number of ether oxygens (including phenoxy) is 1. The number of anilines is 1. The van der Waals surface area contributed by atoms with Crippen LogP contribution < -0.4 is 9.64 Å². The number of hydrogen-bond acceptors (Lipinski definition) is 4. The zero-order chi connectivity index (χ0) is 21.6. The van der Waals surface area contributed by atoms with Gasteiger partial charge in [0.05, 0.1) is 12.7 Å². The van der Waals surface area contributed by atoms with Crippen LogP contribution in [0, 0.1) is 18.8 Å². The minimum atomic E-state index is 0.0160. The lowest BCUT2D eigenvalue weighted by Crippen LogP contribution is -2.49. The molecule has 0 N–H and O–H groups in total. The first-order chi connectivity index (χ1) is 15.1. The molecule has 1 aromatic heterocycles. The molecule has 0 unspecified atom stereocenters. The summed E-state index contributed by atoms with van der Waals surface area (Å²) in [5.74, 6) is 7.94. The molecule has 0 atom stereocenters. The third kappa shape index (κ3) is 4.87. The lowest BCUT2D eigenvalue weighted by atomic mass is 10.1. The second-order valence-electron chi connectivity index (χ2n) is 7.45. The molecule has 0 radical (unpaired) electrons. The SMILES string of the molecule is COc1ccc(C(=O)N2CCN(c3cccc(C)n3)CC2)cc1C#Cc1ccccc1. The quantitative estimate of drug-likeness (QED) is 0.616. The molecule has 3 aromatic rings. The molecule has 1 aliphatic rings. The number of aromatic nitrogens is 1. The average molecular weight is 412 g/mol. The predicted molar refractivity (Wildman–Crippen MR) is 123 cm³/mol. The van der Waals surface area contributed by atoms with Gasteiger partial charge in [0.2, 0.25) is 0 Å². The highest BCUT2D eigenvalue weighted by Gasteiger charge is 2.23. The fraction of sp³-hybridized carbons (Fsp3) is 0.231. The van der Waals surface area contributed by atoms with Gasteiger partial charge in [-0.1, -0.05) is 36.1 Å². The standard InChI is InChI=1S/C26H25N3O2/c1-20-7-6-10-25(27-20)28-15-17-29(18-16-28)26(30)23-13-14-24(31-2)22(19-23)12-11-21-8-4-3-5-9-21/h3-10,13-14,19H,15-18H2,1-2H3. The number of pyridine rings is 1. The fourth-order valence-electron chi connectivity index (χ4n) is 3.63. The maximum atomic E-state index is 13.1. The summed E-state index contributed by atoms with van der Waals surface area (Å²) in [6.45, 7) is 4.83. The van der Waals surface area contributed by atoms with E-state index in [4.69, 9.17) is 4.74 Å². The van der Waals surface area contributed by atoms with Crippen molar-refractivity contribution in [1.82, 2.24) is 9.88 Å². The fourth-order valence-corrected chi connectivity index (χ4v) is 3.63. The Balaban J connectivity index is 1.48. The summed E-state index contributed by atoms with van der Waals surface area (Å²) in [4.78, 5) is 21.8. The van der Waals surface area contributed by atoms with Crippen molar-refractivity contribution in [1.29, 1.82) is 0 Å². The molecule has 0 spiro atoms. The van der Waals surface area contributed by atoms with Crippen LogP contribution in [0.4, 0.5) is 5.82 Å². The highest BCUT2D eigenvalue weighted by Crippen LogP contribution is 2.21. The summed E-state index contributed by atoms with van der Waals surface area (Å²) >= 11 is 0. The Morgan fingerprint density at radius 2 is 1.71 bits per heavy atom. The van der Waals surface area contributed by atoms with E-state index in [0.717, 1.165) is 30.2 Å². The molecule has 156 valence electrons. The highest BCUT2D eigenvalue weighted by molar-refractivity contribution is 5.95. The van der Waals surface area contributed by atoms with Crippen LogP contribution in [0.5, 0.6) is 5.75 Å². The van der Waals surface area contributed by atoms with Gasteiger partial charge >= 0.3 is 0 Å². The molecule has 0 bridgehead atoms. The molecule has 5 nitrogen and oxygen atoms in total. The van der Waals surface area contributed by atoms with Crippen molar-refractivity contribution in [2.75, 3.05) is 38.2 Å². The molecular formula is C26H25N3O2. The molecule has 1 fully saturated rings. The van der Waals surface area contributed by atoms with Gasteiger partial charge in [0.15, 0.2) is 0 Å². The second kappa shape index (κ2) is 9.36. The largest absolute Gasteiger partial charge is 0.495 e. The summed E-state index contributed by atoms with van der Waals surface area (Å²) < 4.78 is 5.45. The van der Waals surface area contributed by atoms with E-state index in [1.807, 2.05) is 78.6 Å². The number of carbonyl (C=O) groups is 1. The molecule has 31 heavy (non-hydrogen) atoms. The van der Waals surface area contributed by atoms with Gasteiger partial charge in [-0.2, -0.15) is 0 Å². The number of piperazine rings is 1. The summed E-state index contributed by atoms with van der Waals surface area (Å²) in [7, 11) is 1.61. The maximum Gasteiger partial charge on any atom is 0.254 e. The van der Waals surface area contributed by atoms with Crippen molar-refractivity contribution in [2.45, 2.75) is 6.92 Å². The Hall–Kier alpha value is -3.78. The van der Waals surface area contributed by atoms with Gasteiger partial charge in [-0.05, 0) is 49.4 Å². The van der Waals surface area contributed by atoms with Gasteiger partial charge in [0.25, 0.3) is 5.91 Å². The Labute approximate surface area is 183 Å². The van der Waals surface area contributed by atoms with Crippen molar-refractivity contribution in [3.8, 4) is 17.6 Å². The van der Waals surface area contributed by atoms with Gasteiger partial charge in [-0.25, -0.2) is 4.98 Å². The minimum Gasteiger partial charge on any atom is -0.495 e. The number of amides is 1. The Bertz CT molecular complexity index is 1120. The van der Waals surface area contributed by atoms with E-state index in [2.05, 4.69) is 21.7 Å². The highest BCUT2D eigenvalue weighted by atomic mass is 16.5. The van der Waals surface area contributed by atoms with Crippen LogP contribution in [0.15, 0.2) is 66.7 Å². The van der Waals surface area contributed by atoms with Crippen LogP contribution in [-0.2, 0) is 0 Å². The van der Waals surface area contributed by atoms with Crippen molar-refractivity contribution in [3.05, 3.63) is 89.1 Å². The number of aryl methyl sites for hydroxylation is 1. The van der Waals surface area contributed by atoms with E-state index in [1.54, 1.807) is 7.11 Å². The second-order valence-corrected chi connectivity index (χ2v) is 7.45. The first kappa shape index (κ1) is 20.5. The molecule has 2 aromatic carbocycles. The first-order valence-corrected chi connectivity index (χ1v) is 10.4. The Morgan fingerprint density at radius 1 is 0.935 bits per heavy atom. The van der Waals surface area contributed by atoms with Crippen LogP contribution in [0.25, 0.3) is 0 Å². The lowest BCUT2D eigenvalue weighted by Gasteiger charge is -2.35. The number of hydrogen-bond donors (Lipinski definition) is 0. The number of carbonyl (C=O) groups excluding carboxylic acids is 1. The van der Waals surface area contributed by atoms with E-state index in [9.17, 15) is 4.79 Å². The monoisotopic (exact) mass is 411 g/mol. The summed E-state index contributed by atoms with van der Waals surface area (Å²) in [6, 6.07) is 21.2. The smallest absolute Gasteiger partial charge is 0.254 e. The number of rotatable bonds is 3. The van der Waals surface area contributed by atoms with Crippen LogP contribution in [0.3, 0.4) is 0 Å². The zero-order valence-corrected chi connectivity index (χ0v) is 17.8. The summed E-state index contributed by atoms with van der Waals surface area (Å²) in [5.41, 5.74) is 3.25. The summed E-state index contributed by atoms with van der Waals surface area (Å²) in [5, 5.41) is 0. The maximum absolute atomic E-state index is 13.1. The van der Waals surface area contributed by atoms with Gasteiger partial charge in [-0.15, -0.1) is 0 Å². The summed E-state index contributed by atoms with van der Waals surface area (Å²) in [6.07, 6.45) is 0. The van der Waals surface area contributed by atoms with Gasteiger partial charge in [0, 0.05) is 43.0 Å². The first-order valence-electron chi connectivity index (χ1n) is 10.4. The van der Waals surface area contributed by atoms with E-state index in [-0.39, 0.29) is 5.91 Å². The molecule has 1 saturated heterocycles. The van der Waals surface area contributed by atoms with Crippen molar-refractivity contribution in [3.63, 3.8) is 0 Å². The average Bonchev–Trinajstić information content (AvgIpc) is 2.83. The lowest BCUT2D eigenvalue weighted by molar-refractivity contribution is 0.0746. The molecule has 5 heteroatoms. The predicted octanol–water partition coefficient (Wildman–Crippen LogP) is 3.76. The van der Waals surface area contributed by atoms with E-state index < -0.39 is 0 Å². The van der Waals surface area contributed by atoms with Crippen molar-refractivity contribution >= 4 is 11.7 Å². The third-order valence-electron chi connectivity index (χ3n) is 5.33. The molecule has 0 saturated carbocycles. The topological polar surface area (TPSA) is 45.7 Å². The number of methoxy groups -OCH3 is 1.